The van der Waals surface area contributed by atoms with Crippen LogP contribution in [0.2, 0.25) is 0 Å². The van der Waals surface area contributed by atoms with Gasteiger partial charge in [0.25, 0.3) is 0 Å². The highest BCUT2D eigenvalue weighted by atomic mass is 16.5. The van der Waals surface area contributed by atoms with Crippen LogP contribution in [-0.4, -0.2) is 55.5 Å². The van der Waals surface area contributed by atoms with Crippen molar-refractivity contribution in [2.24, 2.45) is 11.8 Å². The number of nitrogens with zero attached hydrogens (tertiary/aromatic N) is 1. The van der Waals surface area contributed by atoms with Gasteiger partial charge >= 0.3 is 6.09 Å². The number of carbonyl (C=O) groups excluding carboxylic acids is 1. The van der Waals surface area contributed by atoms with E-state index in [0.29, 0.717) is 18.5 Å². The Kier molecular flexibility index (Phi) is 5.45. The highest BCUT2D eigenvalue weighted by molar-refractivity contribution is 5.67. The van der Waals surface area contributed by atoms with Gasteiger partial charge in [0.1, 0.15) is 0 Å². The first-order chi connectivity index (χ1) is 9.22. The molecule has 1 aliphatic heterocycles. The maximum absolute atomic E-state index is 11.7. The highest BCUT2D eigenvalue weighted by Crippen LogP contribution is 2.26. The molecule has 2 rings (SSSR count). The predicted molar refractivity (Wildman–Crippen MR) is 72.9 cm³/mol. The topological polar surface area (TPSA) is 61.8 Å². The molecule has 110 valence electrons. The molecule has 2 aliphatic rings. The minimum Gasteiger partial charge on any atom is -0.453 e. The van der Waals surface area contributed by atoms with Crippen LogP contribution in [-0.2, 0) is 4.74 Å². The highest BCUT2D eigenvalue weighted by Gasteiger charge is 2.30. The number of likely N-dealkylation sites (tertiary alicyclic amines) is 1. The number of ether oxygens (including phenoxy) is 1. The van der Waals surface area contributed by atoms with Crippen LogP contribution in [0.25, 0.3) is 0 Å². The van der Waals surface area contributed by atoms with Crippen LogP contribution in [0.3, 0.4) is 0 Å². The van der Waals surface area contributed by atoms with Crippen molar-refractivity contribution in [3.63, 3.8) is 0 Å². The van der Waals surface area contributed by atoms with Crippen molar-refractivity contribution in [1.29, 1.82) is 0 Å². The molecule has 0 aromatic heterocycles. The number of methoxy groups -OCH3 is 1. The van der Waals surface area contributed by atoms with E-state index in [2.05, 4.69) is 5.32 Å². The molecule has 0 spiro atoms. The van der Waals surface area contributed by atoms with Crippen LogP contribution in [0.15, 0.2) is 0 Å². The number of nitrogens with one attached hydrogen (secondary N) is 1. The standard InChI is InChI=1S/C14H26N2O3/c1-19-14(18)16-9-12(5-6-17)7-13(10-16)15-8-11-3-2-4-11/h11-13,15,17H,2-10H2,1H3. The third kappa shape index (κ3) is 4.08. The van der Waals surface area contributed by atoms with Crippen molar-refractivity contribution >= 4 is 6.09 Å². The Hall–Kier alpha value is -0.810. The summed E-state index contributed by atoms with van der Waals surface area (Å²) in [5.41, 5.74) is 0. The predicted octanol–water partition coefficient (Wildman–Crippen LogP) is 1.22. The summed E-state index contributed by atoms with van der Waals surface area (Å²) in [5.74, 6) is 1.20. The molecule has 2 atom stereocenters. The van der Waals surface area contributed by atoms with Crippen LogP contribution < -0.4 is 5.32 Å². The van der Waals surface area contributed by atoms with Crippen LogP contribution in [0.5, 0.6) is 0 Å². The van der Waals surface area contributed by atoms with Gasteiger partial charge in [-0.1, -0.05) is 6.42 Å². The van der Waals surface area contributed by atoms with E-state index >= 15 is 0 Å². The third-order valence-electron chi connectivity index (χ3n) is 4.43. The lowest BCUT2D eigenvalue weighted by Crippen LogP contribution is -2.52. The first kappa shape index (κ1) is 14.6. The van der Waals surface area contributed by atoms with Gasteiger partial charge in [-0.2, -0.15) is 0 Å². The molecular formula is C14H26N2O3. The molecule has 5 nitrogen and oxygen atoms in total. The molecule has 2 N–H and O–H groups in total. The van der Waals surface area contributed by atoms with Gasteiger partial charge in [-0.3, -0.25) is 0 Å². The normalized spacial score (nSPS) is 28.0. The summed E-state index contributed by atoms with van der Waals surface area (Å²) in [5, 5.41) is 12.7. The zero-order chi connectivity index (χ0) is 13.7. The van der Waals surface area contributed by atoms with Gasteiger partial charge in [-0.25, -0.2) is 4.79 Å². The molecule has 1 heterocycles. The fraction of sp³-hybridized carbons (Fsp3) is 0.929. The molecule has 0 radical (unpaired) electrons. The van der Waals surface area contributed by atoms with Gasteiger partial charge in [-0.05, 0) is 44.1 Å². The van der Waals surface area contributed by atoms with Gasteiger partial charge < -0.3 is 20.1 Å². The minimum absolute atomic E-state index is 0.190. The monoisotopic (exact) mass is 270 g/mol. The summed E-state index contributed by atoms with van der Waals surface area (Å²) in [7, 11) is 1.43. The minimum atomic E-state index is -0.252. The second-order valence-corrected chi connectivity index (χ2v) is 5.89. The summed E-state index contributed by atoms with van der Waals surface area (Å²) in [4.78, 5) is 13.4. The Morgan fingerprint density at radius 3 is 2.74 bits per heavy atom. The molecule has 1 saturated carbocycles. The Balaban J connectivity index is 1.83. The second kappa shape index (κ2) is 7.10. The molecule has 5 heteroatoms. The van der Waals surface area contributed by atoms with E-state index in [0.717, 1.165) is 31.8 Å². The van der Waals surface area contributed by atoms with E-state index in [1.54, 1.807) is 4.90 Å². The molecule has 1 aliphatic carbocycles. The number of rotatable bonds is 5. The van der Waals surface area contributed by atoms with Crippen molar-refractivity contribution < 1.29 is 14.6 Å². The fourth-order valence-corrected chi connectivity index (χ4v) is 3.05. The smallest absolute Gasteiger partial charge is 0.409 e. The summed E-state index contributed by atoms with van der Waals surface area (Å²) >= 11 is 0. The molecular weight excluding hydrogens is 244 g/mol. The maximum atomic E-state index is 11.7. The second-order valence-electron chi connectivity index (χ2n) is 5.89. The molecule has 1 amide bonds. The molecule has 19 heavy (non-hydrogen) atoms. The first-order valence-corrected chi connectivity index (χ1v) is 7.40. The number of hydrogen-bond donors (Lipinski definition) is 2. The summed E-state index contributed by atoms with van der Waals surface area (Å²) in [6.45, 7) is 2.68. The summed E-state index contributed by atoms with van der Waals surface area (Å²) in [6.07, 6.45) is 5.58. The van der Waals surface area contributed by atoms with Crippen LogP contribution >= 0.6 is 0 Å². The van der Waals surface area contributed by atoms with Crippen molar-refractivity contribution in [3.05, 3.63) is 0 Å². The van der Waals surface area contributed by atoms with E-state index in [1.807, 2.05) is 0 Å². The summed E-state index contributed by atoms with van der Waals surface area (Å²) in [6, 6.07) is 0.338. The molecule has 2 unspecified atom stereocenters. The van der Waals surface area contributed by atoms with Gasteiger partial charge in [0.15, 0.2) is 0 Å². The number of aliphatic hydroxyl groups excluding tert-OH is 1. The number of amides is 1. The molecule has 0 bridgehead atoms. The van der Waals surface area contributed by atoms with E-state index in [1.165, 1.54) is 26.4 Å². The van der Waals surface area contributed by atoms with Crippen LogP contribution in [0.1, 0.15) is 32.1 Å². The van der Waals surface area contributed by atoms with E-state index in [-0.39, 0.29) is 12.7 Å². The average Bonchev–Trinajstić information content (AvgIpc) is 2.36. The number of carbonyl (C=O) groups is 1. The van der Waals surface area contributed by atoms with E-state index < -0.39 is 0 Å². The van der Waals surface area contributed by atoms with Crippen molar-refractivity contribution in [1.82, 2.24) is 10.2 Å². The average molecular weight is 270 g/mol. The Morgan fingerprint density at radius 2 is 2.16 bits per heavy atom. The molecule has 2 fully saturated rings. The lowest BCUT2D eigenvalue weighted by atomic mass is 9.85. The maximum Gasteiger partial charge on any atom is 0.409 e. The van der Waals surface area contributed by atoms with E-state index in [4.69, 9.17) is 9.84 Å². The molecule has 0 aromatic carbocycles. The zero-order valence-corrected chi connectivity index (χ0v) is 11.8. The third-order valence-corrected chi connectivity index (χ3v) is 4.43. The number of hydrogen-bond acceptors (Lipinski definition) is 4. The number of aliphatic hydroxyl groups is 1. The molecule has 0 aromatic rings. The fourth-order valence-electron chi connectivity index (χ4n) is 3.05. The van der Waals surface area contributed by atoms with Gasteiger partial charge in [0, 0.05) is 25.7 Å². The van der Waals surface area contributed by atoms with Crippen LogP contribution in [0.4, 0.5) is 4.79 Å². The van der Waals surface area contributed by atoms with Gasteiger partial charge in [-0.15, -0.1) is 0 Å². The largest absolute Gasteiger partial charge is 0.453 e. The first-order valence-electron chi connectivity index (χ1n) is 7.40. The lowest BCUT2D eigenvalue weighted by Gasteiger charge is -2.38. The zero-order valence-electron chi connectivity index (χ0n) is 11.8. The van der Waals surface area contributed by atoms with Gasteiger partial charge in [0.05, 0.1) is 7.11 Å². The Morgan fingerprint density at radius 1 is 1.37 bits per heavy atom. The van der Waals surface area contributed by atoms with Crippen molar-refractivity contribution in [3.8, 4) is 0 Å². The Labute approximate surface area is 115 Å². The SMILES string of the molecule is COC(=O)N1CC(CCO)CC(NCC2CCC2)C1. The van der Waals surface area contributed by atoms with E-state index in [9.17, 15) is 4.79 Å². The lowest BCUT2D eigenvalue weighted by molar-refractivity contribution is 0.0826. The Bertz CT molecular complexity index is 294. The van der Waals surface area contributed by atoms with Gasteiger partial charge in [0.2, 0.25) is 0 Å². The van der Waals surface area contributed by atoms with Crippen molar-refractivity contribution in [2.75, 3.05) is 33.4 Å². The quantitative estimate of drug-likeness (QED) is 0.788. The van der Waals surface area contributed by atoms with Crippen LogP contribution in [0, 0.1) is 11.8 Å². The molecule has 1 saturated heterocycles. The number of piperidine rings is 1. The van der Waals surface area contributed by atoms with Crippen molar-refractivity contribution in [2.45, 2.75) is 38.1 Å². The summed E-state index contributed by atoms with van der Waals surface area (Å²) < 4.78 is 4.82.